The van der Waals surface area contributed by atoms with E-state index in [4.69, 9.17) is 4.99 Å². The first-order valence-corrected chi connectivity index (χ1v) is 6.95. The molecule has 2 aliphatic rings. The van der Waals surface area contributed by atoms with Crippen LogP contribution in [0.15, 0.2) is 4.99 Å². The molecule has 0 aromatic carbocycles. The lowest BCUT2D eigenvalue weighted by Crippen LogP contribution is -2.40. The van der Waals surface area contributed by atoms with Crippen LogP contribution in [-0.4, -0.2) is 49.6 Å². The van der Waals surface area contributed by atoms with Crippen molar-refractivity contribution in [3.05, 3.63) is 0 Å². The van der Waals surface area contributed by atoms with E-state index in [-0.39, 0.29) is 24.0 Å². The van der Waals surface area contributed by atoms with Crippen LogP contribution in [0.2, 0.25) is 0 Å². The number of rotatable bonds is 4. The molecule has 0 bridgehead atoms. The van der Waals surface area contributed by atoms with Gasteiger partial charge in [-0.3, -0.25) is 4.99 Å². The van der Waals surface area contributed by atoms with Crippen molar-refractivity contribution in [1.82, 2.24) is 15.5 Å². The standard InChI is InChI=1S/C13H26N4.HI/c1-4-14-13(16-12-8-10(12)2)15-9-11-6-5-7-17(11)3;/h10-12H,4-9H2,1-3H3,(H2,14,15,16);1H. The number of halogens is 1. The van der Waals surface area contributed by atoms with Crippen LogP contribution in [-0.2, 0) is 0 Å². The van der Waals surface area contributed by atoms with Crippen molar-refractivity contribution in [1.29, 1.82) is 0 Å². The molecule has 4 nitrogen and oxygen atoms in total. The van der Waals surface area contributed by atoms with Crippen LogP contribution in [0.5, 0.6) is 0 Å². The summed E-state index contributed by atoms with van der Waals surface area (Å²) in [6.07, 6.45) is 3.90. The molecule has 1 saturated heterocycles. The lowest BCUT2D eigenvalue weighted by Gasteiger charge is -2.18. The van der Waals surface area contributed by atoms with Crippen LogP contribution in [0.25, 0.3) is 0 Å². The highest BCUT2D eigenvalue weighted by Gasteiger charge is 2.33. The molecular weight excluding hydrogens is 339 g/mol. The summed E-state index contributed by atoms with van der Waals surface area (Å²) in [5.74, 6) is 1.81. The Kier molecular flexibility index (Phi) is 6.70. The Morgan fingerprint density at radius 2 is 2.17 bits per heavy atom. The lowest BCUT2D eigenvalue weighted by atomic mass is 10.2. The first kappa shape index (κ1) is 16.0. The normalized spacial score (nSPS) is 31.9. The average molecular weight is 366 g/mol. The molecule has 2 N–H and O–H groups in total. The summed E-state index contributed by atoms with van der Waals surface area (Å²) in [7, 11) is 2.20. The van der Waals surface area contributed by atoms with Gasteiger partial charge in [0.05, 0.1) is 6.54 Å². The van der Waals surface area contributed by atoms with Crippen molar-refractivity contribution in [3.8, 4) is 0 Å². The van der Waals surface area contributed by atoms with E-state index >= 15 is 0 Å². The molecule has 2 fully saturated rings. The van der Waals surface area contributed by atoms with E-state index < -0.39 is 0 Å². The molecule has 1 aliphatic heterocycles. The maximum atomic E-state index is 4.71. The van der Waals surface area contributed by atoms with E-state index in [1.54, 1.807) is 0 Å². The molecule has 0 aromatic heterocycles. The summed E-state index contributed by atoms with van der Waals surface area (Å²) in [5.41, 5.74) is 0. The summed E-state index contributed by atoms with van der Waals surface area (Å²) < 4.78 is 0. The molecule has 5 heteroatoms. The molecule has 3 atom stereocenters. The van der Waals surface area contributed by atoms with Gasteiger partial charge in [-0.25, -0.2) is 0 Å². The van der Waals surface area contributed by atoms with Crippen molar-refractivity contribution in [2.75, 3.05) is 26.7 Å². The summed E-state index contributed by atoms with van der Waals surface area (Å²) >= 11 is 0. The number of nitrogens with one attached hydrogen (secondary N) is 2. The maximum Gasteiger partial charge on any atom is 0.191 e. The fourth-order valence-corrected chi connectivity index (χ4v) is 2.43. The second kappa shape index (κ2) is 7.53. The predicted octanol–water partition coefficient (Wildman–Crippen LogP) is 1.66. The van der Waals surface area contributed by atoms with E-state index in [9.17, 15) is 0 Å². The number of aliphatic imine (C=N–C) groups is 1. The van der Waals surface area contributed by atoms with Crippen LogP contribution < -0.4 is 10.6 Å². The van der Waals surface area contributed by atoms with E-state index in [1.165, 1.54) is 25.8 Å². The van der Waals surface area contributed by atoms with Crippen LogP contribution in [0.3, 0.4) is 0 Å². The van der Waals surface area contributed by atoms with Crippen molar-refractivity contribution in [2.45, 2.75) is 45.2 Å². The number of likely N-dealkylation sites (N-methyl/N-ethyl adjacent to an activating group) is 1. The minimum Gasteiger partial charge on any atom is -0.357 e. The zero-order valence-corrected chi connectivity index (χ0v) is 14.1. The van der Waals surface area contributed by atoms with Crippen molar-refractivity contribution in [2.24, 2.45) is 10.9 Å². The Labute approximate surface area is 128 Å². The summed E-state index contributed by atoms with van der Waals surface area (Å²) in [5, 5.41) is 6.83. The number of hydrogen-bond donors (Lipinski definition) is 2. The Balaban J connectivity index is 0.00000162. The monoisotopic (exact) mass is 366 g/mol. The van der Waals surface area contributed by atoms with Gasteiger partial charge in [-0.15, -0.1) is 24.0 Å². The zero-order chi connectivity index (χ0) is 12.3. The third-order valence-electron chi connectivity index (χ3n) is 3.91. The third kappa shape index (κ3) is 4.57. The van der Waals surface area contributed by atoms with Crippen LogP contribution in [0.1, 0.15) is 33.1 Å². The Bertz CT molecular complexity index is 282. The lowest BCUT2D eigenvalue weighted by molar-refractivity contribution is 0.317. The largest absolute Gasteiger partial charge is 0.357 e. The third-order valence-corrected chi connectivity index (χ3v) is 3.91. The van der Waals surface area contributed by atoms with Gasteiger partial charge in [0.2, 0.25) is 0 Å². The number of hydrogen-bond acceptors (Lipinski definition) is 2. The summed E-state index contributed by atoms with van der Waals surface area (Å²) in [6.45, 7) is 7.49. The highest BCUT2D eigenvalue weighted by molar-refractivity contribution is 14.0. The molecule has 0 amide bonds. The van der Waals surface area contributed by atoms with Gasteiger partial charge in [0, 0.05) is 18.6 Å². The van der Waals surface area contributed by atoms with Crippen LogP contribution in [0, 0.1) is 5.92 Å². The maximum absolute atomic E-state index is 4.71. The zero-order valence-electron chi connectivity index (χ0n) is 11.8. The van der Waals surface area contributed by atoms with E-state index in [0.29, 0.717) is 12.1 Å². The van der Waals surface area contributed by atoms with Gasteiger partial charge in [0.15, 0.2) is 5.96 Å². The van der Waals surface area contributed by atoms with E-state index in [2.05, 4.69) is 36.4 Å². The second-order valence-electron chi connectivity index (χ2n) is 5.46. The van der Waals surface area contributed by atoms with Crippen molar-refractivity contribution in [3.63, 3.8) is 0 Å². The Morgan fingerprint density at radius 1 is 1.44 bits per heavy atom. The van der Waals surface area contributed by atoms with Gasteiger partial charge in [-0.2, -0.15) is 0 Å². The molecule has 2 rings (SSSR count). The molecule has 3 unspecified atom stereocenters. The van der Waals surface area contributed by atoms with Crippen molar-refractivity contribution >= 4 is 29.9 Å². The SMILES string of the molecule is CCNC(=NCC1CCCN1C)NC1CC1C.I. The van der Waals surface area contributed by atoms with Crippen LogP contribution >= 0.6 is 24.0 Å². The summed E-state index contributed by atoms with van der Waals surface area (Å²) in [4.78, 5) is 7.14. The topological polar surface area (TPSA) is 39.7 Å². The van der Waals surface area contributed by atoms with Gasteiger partial charge in [0.1, 0.15) is 0 Å². The average Bonchev–Trinajstić information content (AvgIpc) is 2.83. The fraction of sp³-hybridized carbons (Fsp3) is 0.923. The first-order valence-electron chi connectivity index (χ1n) is 6.95. The number of guanidine groups is 1. The van der Waals surface area contributed by atoms with E-state index in [0.717, 1.165) is 25.0 Å². The van der Waals surface area contributed by atoms with Gasteiger partial charge in [0.25, 0.3) is 0 Å². The summed E-state index contributed by atoms with van der Waals surface area (Å²) in [6, 6.07) is 1.29. The molecule has 0 spiro atoms. The van der Waals surface area contributed by atoms with Crippen molar-refractivity contribution < 1.29 is 0 Å². The Hall–Kier alpha value is -0.0400. The number of nitrogens with zero attached hydrogens (tertiary/aromatic N) is 2. The predicted molar refractivity (Wildman–Crippen MR) is 87.8 cm³/mol. The second-order valence-corrected chi connectivity index (χ2v) is 5.46. The first-order chi connectivity index (χ1) is 8.20. The minimum absolute atomic E-state index is 0. The molecule has 1 heterocycles. The van der Waals surface area contributed by atoms with Crippen LogP contribution in [0.4, 0.5) is 0 Å². The highest BCUT2D eigenvalue weighted by atomic mass is 127. The molecule has 18 heavy (non-hydrogen) atoms. The quantitative estimate of drug-likeness (QED) is 0.452. The minimum atomic E-state index is 0. The molecule has 1 aliphatic carbocycles. The Morgan fingerprint density at radius 3 is 2.67 bits per heavy atom. The van der Waals surface area contributed by atoms with Gasteiger partial charge >= 0.3 is 0 Å². The smallest absolute Gasteiger partial charge is 0.191 e. The molecular formula is C13H27IN4. The molecule has 1 saturated carbocycles. The number of likely N-dealkylation sites (tertiary alicyclic amines) is 1. The highest BCUT2D eigenvalue weighted by Crippen LogP contribution is 2.28. The molecule has 106 valence electrons. The molecule has 0 radical (unpaired) electrons. The van der Waals surface area contributed by atoms with Gasteiger partial charge in [-0.05, 0) is 45.7 Å². The fourth-order valence-electron chi connectivity index (χ4n) is 2.43. The molecule has 0 aromatic rings. The van der Waals surface area contributed by atoms with Gasteiger partial charge in [-0.1, -0.05) is 6.92 Å². The van der Waals surface area contributed by atoms with Gasteiger partial charge < -0.3 is 15.5 Å². The van der Waals surface area contributed by atoms with E-state index in [1.807, 2.05) is 0 Å².